The third kappa shape index (κ3) is 4.12. The van der Waals surface area contributed by atoms with Gasteiger partial charge in [0.1, 0.15) is 0 Å². The van der Waals surface area contributed by atoms with Gasteiger partial charge in [0, 0.05) is 26.2 Å². The lowest BCUT2D eigenvalue weighted by Gasteiger charge is -2.28. The Morgan fingerprint density at radius 2 is 1.60 bits per heavy atom. The number of piperazine rings is 1. The standard InChI is InChI=1S/C13H26N2/c1-2-4-6-13(5-3-1)7-10-15-11-8-14-9-12-15/h13-14H,1-12H2. The minimum Gasteiger partial charge on any atom is -0.314 e. The van der Waals surface area contributed by atoms with Gasteiger partial charge in [-0.25, -0.2) is 0 Å². The average molecular weight is 210 g/mol. The molecule has 0 atom stereocenters. The molecular weight excluding hydrogens is 184 g/mol. The van der Waals surface area contributed by atoms with Crippen molar-refractivity contribution in [2.75, 3.05) is 32.7 Å². The summed E-state index contributed by atoms with van der Waals surface area (Å²) in [6, 6.07) is 0. The molecule has 1 aliphatic heterocycles. The monoisotopic (exact) mass is 210 g/mol. The van der Waals surface area contributed by atoms with Crippen molar-refractivity contribution in [2.24, 2.45) is 5.92 Å². The highest BCUT2D eigenvalue weighted by molar-refractivity contribution is 4.71. The number of hydrogen-bond acceptors (Lipinski definition) is 2. The van der Waals surface area contributed by atoms with Gasteiger partial charge >= 0.3 is 0 Å². The molecule has 2 nitrogen and oxygen atoms in total. The van der Waals surface area contributed by atoms with Gasteiger partial charge < -0.3 is 10.2 Å². The fourth-order valence-electron chi connectivity index (χ4n) is 2.95. The van der Waals surface area contributed by atoms with E-state index >= 15 is 0 Å². The zero-order valence-corrected chi connectivity index (χ0v) is 10.0. The smallest absolute Gasteiger partial charge is 0.0107 e. The van der Waals surface area contributed by atoms with Crippen LogP contribution < -0.4 is 5.32 Å². The van der Waals surface area contributed by atoms with Crippen LogP contribution in [0.5, 0.6) is 0 Å². The molecule has 2 fully saturated rings. The topological polar surface area (TPSA) is 15.3 Å². The normalized spacial score (nSPS) is 26.4. The van der Waals surface area contributed by atoms with Gasteiger partial charge in [0.05, 0.1) is 0 Å². The maximum Gasteiger partial charge on any atom is 0.0107 e. The summed E-state index contributed by atoms with van der Waals surface area (Å²) >= 11 is 0. The zero-order chi connectivity index (χ0) is 10.3. The molecule has 0 aromatic carbocycles. The van der Waals surface area contributed by atoms with Gasteiger partial charge in [0.25, 0.3) is 0 Å². The van der Waals surface area contributed by atoms with E-state index in [4.69, 9.17) is 0 Å². The molecule has 88 valence electrons. The van der Waals surface area contributed by atoms with E-state index in [1.807, 2.05) is 0 Å². The Bertz CT molecular complexity index is 156. The molecule has 1 aliphatic carbocycles. The highest BCUT2D eigenvalue weighted by atomic mass is 15.2. The van der Waals surface area contributed by atoms with Crippen LogP contribution in [0.2, 0.25) is 0 Å². The van der Waals surface area contributed by atoms with Crippen LogP contribution in [-0.4, -0.2) is 37.6 Å². The second-order valence-electron chi connectivity index (χ2n) is 5.24. The van der Waals surface area contributed by atoms with Crippen molar-refractivity contribution in [1.29, 1.82) is 0 Å². The molecule has 1 heterocycles. The fraction of sp³-hybridized carbons (Fsp3) is 1.00. The van der Waals surface area contributed by atoms with Crippen LogP contribution >= 0.6 is 0 Å². The van der Waals surface area contributed by atoms with Gasteiger partial charge in [-0.1, -0.05) is 38.5 Å². The second-order valence-corrected chi connectivity index (χ2v) is 5.24. The maximum atomic E-state index is 3.42. The molecule has 0 bridgehead atoms. The number of nitrogens with one attached hydrogen (secondary N) is 1. The molecule has 1 saturated heterocycles. The average Bonchev–Trinajstić information content (AvgIpc) is 2.56. The first-order chi connectivity index (χ1) is 7.45. The summed E-state index contributed by atoms with van der Waals surface area (Å²) in [5.74, 6) is 1.04. The summed E-state index contributed by atoms with van der Waals surface area (Å²) in [6.07, 6.45) is 10.4. The predicted molar refractivity (Wildman–Crippen MR) is 65.1 cm³/mol. The van der Waals surface area contributed by atoms with Crippen LogP contribution in [0.15, 0.2) is 0 Å². The van der Waals surface area contributed by atoms with Crippen molar-refractivity contribution in [2.45, 2.75) is 44.9 Å². The summed E-state index contributed by atoms with van der Waals surface area (Å²) in [5.41, 5.74) is 0. The molecule has 2 heteroatoms. The van der Waals surface area contributed by atoms with Gasteiger partial charge in [-0.2, -0.15) is 0 Å². The molecule has 0 amide bonds. The Kier molecular flexibility index (Phi) is 4.94. The van der Waals surface area contributed by atoms with Crippen molar-refractivity contribution >= 4 is 0 Å². The Hall–Kier alpha value is -0.0800. The Morgan fingerprint density at radius 1 is 0.933 bits per heavy atom. The van der Waals surface area contributed by atoms with E-state index in [1.54, 1.807) is 0 Å². The number of hydrogen-bond donors (Lipinski definition) is 1. The van der Waals surface area contributed by atoms with Crippen LogP contribution in [0.4, 0.5) is 0 Å². The van der Waals surface area contributed by atoms with Crippen LogP contribution in [0.1, 0.15) is 44.9 Å². The van der Waals surface area contributed by atoms with Gasteiger partial charge in [-0.05, 0) is 18.9 Å². The van der Waals surface area contributed by atoms with E-state index in [2.05, 4.69) is 10.2 Å². The van der Waals surface area contributed by atoms with E-state index in [0.29, 0.717) is 0 Å². The Morgan fingerprint density at radius 3 is 2.27 bits per heavy atom. The quantitative estimate of drug-likeness (QED) is 0.719. The minimum atomic E-state index is 1.04. The first kappa shape index (κ1) is 11.4. The van der Waals surface area contributed by atoms with Gasteiger partial charge in [-0.15, -0.1) is 0 Å². The summed E-state index contributed by atoms with van der Waals surface area (Å²) in [6.45, 7) is 6.29. The predicted octanol–water partition coefficient (Wildman–Crippen LogP) is 2.25. The third-order valence-corrected chi connectivity index (χ3v) is 4.04. The van der Waals surface area contributed by atoms with Crippen molar-refractivity contribution < 1.29 is 0 Å². The Labute approximate surface area is 94.4 Å². The van der Waals surface area contributed by atoms with Crippen molar-refractivity contribution in [1.82, 2.24) is 10.2 Å². The molecule has 2 aliphatic rings. The van der Waals surface area contributed by atoms with Gasteiger partial charge in [0.15, 0.2) is 0 Å². The van der Waals surface area contributed by atoms with Crippen molar-refractivity contribution in [3.8, 4) is 0 Å². The van der Waals surface area contributed by atoms with E-state index in [-0.39, 0.29) is 0 Å². The molecule has 1 saturated carbocycles. The van der Waals surface area contributed by atoms with E-state index in [9.17, 15) is 0 Å². The fourth-order valence-corrected chi connectivity index (χ4v) is 2.95. The zero-order valence-electron chi connectivity index (χ0n) is 10.0. The van der Waals surface area contributed by atoms with E-state index in [0.717, 1.165) is 5.92 Å². The van der Waals surface area contributed by atoms with Crippen molar-refractivity contribution in [3.63, 3.8) is 0 Å². The molecule has 0 aromatic heterocycles. The molecule has 2 rings (SSSR count). The highest BCUT2D eigenvalue weighted by Crippen LogP contribution is 2.25. The molecule has 0 unspecified atom stereocenters. The molecule has 0 radical (unpaired) electrons. The van der Waals surface area contributed by atoms with Crippen LogP contribution in [0, 0.1) is 5.92 Å². The van der Waals surface area contributed by atoms with Crippen LogP contribution in [0.25, 0.3) is 0 Å². The van der Waals surface area contributed by atoms with E-state index < -0.39 is 0 Å². The summed E-state index contributed by atoms with van der Waals surface area (Å²) in [5, 5.41) is 3.42. The SMILES string of the molecule is C1CCCC(CCN2CCNCC2)CC1. The van der Waals surface area contributed by atoms with E-state index in [1.165, 1.54) is 77.7 Å². The summed E-state index contributed by atoms with van der Waals surface area (Å²) in [4.78, 5) is 2.64. The molecule has 0 aromatic rings. The molecule has 0 spiro atoms. The first-order valence-corrected chi connectivity index (χ1v) is 6.88. The van der Waals surface area contributed by atoms with Crippen LogP contribution in [-0.2, 0) is 0 Å². The second kappa shape index (κ2) is 6.49. The lowest BCUT2D eigenvalue weighted by atomic mass is 9.96. The third-order valence-electron chi connectivity index (χ3n) is 4.04. The minimum absolute atomic E-state index is 1.04. The van der Waals surface area contributed by atoms with Gasteiger partial charge in [0.2, 0.25) is 0 Å². The highest BCUT2D eigenvalue weighted by Gasteiger charge is 2.15. The molecule has 15 heavy (non-hydrogen) atoms. The Balaban J connectivity index is 1.62. The van der Waals surface area contributed by atoms with Gasteiger partial charge in [-0.3, -0.25) is 0 Å². The first-order valence-electron chi connectivity index (χ1n) is 6.88. The number of rotatable bonds is 3. The largest absolute Gasteiger partial charge is 0.314 e. The molecular formula is C13H26N2. The summed E-state index contributed by atoms with van der Waals surface area (Å²) in [7, 11) is 0. The lowest BCUT2D eigenvalue weighted by molar-refractivity contribution is 0.219. The molecule has 1 N–H and O–H groups in total. The maximum absolute atomic E-state index is 3.42. The summed E-state index contributed by atoms with van der Waals surface area (Å²) < 4.78 is 0. The number of nitrogens with zero attached hydrogens (tertiary/aromatic N) is 1. The van der Waals surface area contributed by atoms with Crippen molar-refractivity contribution in [3.05, 3.63) is 0 Å². The van der Waals surface area contributed by atoms with Crippen LogP contribution in [0.3, 0.4) is 0 Å². The lowest BCUT2D eigenvalue weighted by Crippen LogP contribution is -2.44.